The van der Waals surface area contributed by atoms with Crippen molar-refractivity contribution in [2.24, 2.45) is 22.9 Å². The maximum absolute atomic E-state index is 13.3. The fourth-order valence-corrected chi connectivity index (χ4v) is 5.33. The van der Waals surface area contributed by atoms with Crippen molar-refractivity contribution in [1.82, 2.24) is 26.6 Å². The first-order chi connectivity index (χ1) is 25.8. The van der Waals surface area contributed by atoms with Gasteiger partial charge in [0, 0.05) is 32.5 Å². The minimum atomic E-state index is -1.39. The van der Waals surface area contributed by atoms with Crippen LogP contribution in [-0.4, -0.2) is 137 Å². The van der Waals surface area contributed by atoms with Crippen LogP contribution in [0, 0.1) is 0 Å². The molecule has 21 nitrogen and oxygen atoms in total. The maximum Gasteiger partial charge on any atom is 0.243 e. The molecule has 16 N–H and O–H groups in total. The lowest BCUT2D eigenvalue weighted by Gasteiger charge is -2.38. The van der Waals surface area contributed by atoms with E-state index in [1.54, 1.807) is 6.92 Å². The minimum absolute atomic E-state index is 0.0340. The molecular weight excluding hydrogens is 726 g/mol. The molecule has 1 aliphatic heterocycles. The molecule has 0 aromatic rings. The van der Waals surface area contributed by atoms with E-state index in [1.165, 1.54) is 13.8 Å². The van der Waals surface area contributed by atoms with Crippen LogP contribution >= 0.6 is 0 Å². The average molecular weight is 790 g/mol. The second-order valence-electron chi connectivity index (χ2n) is 13.8. The number of carbonyl (C=O) groups is 7. The van der Waals surface area contributed by atoms with Crippen LogP contribution < -0.4 is 49.5 Å². The first-order valence-corrected chi connectivity index (χ1v) is 18.7. The molecule has 1 heterocycles. The van der Waals surface area contributed by atoms with E-state index < -0.39 is 102 Å². The number of carbonyl (C=O) groups excluding carboxylic acids is 7. The maximum atomic E-state index is 13.3. The Morgan fingerprint density at radius 2 is 1.04 bits per heavy atom. The van der Waals surface area contributed by atoms with Gasteiger partial charge in [-0.2, -0.15) is 0 Å². The van der Waals surface area contributed by atoms with Gasteiger partial charge in [0.15, 0.2) is 6.29 Å². The molecule has 0 spiro atoms. The Balaban J connectivity index is 2.77. The van der Waals surface area contributed by atoms with Gasteiger partial charge in [-0.25, -0.2) is 0 Å². The normalized spacial score (nSPS) is 22.2. The first-order valence-electron chi connectivity index (χ1n) is 18.7. The third-order valence-electron chi connectivity index (χ3n) is 8.76. The second kappa shape index (κ2) is 26.0. The fourth-order valence-electron chi connectivity index (χ4n) is 5.33. The van der Waals surface area contributed by atoms with Gasteiger partial charge in [-0.05, 0) is 65.7 Å². The molecule has 21 heteroatoms. The lowest BCUT2D eigenvalue weighted by Crippen LogP contribution is -2.57. The number of nitrogens with one attached hydrogen (secondary N) is 5. The Bertz CT molecular complexity index is 1260. The van der Waals surface area contributed by atoms with Crippen molar-refractivity contribution in [1.29, 1.82) is 0 Å². The summed E-state index contributed by atoms with van der Waals surface area (Å²) in [5.74, 6) is -4.36. The molecule has 0 saturated carbocycles. The lowest BCUT2D eigenvalue weighted by molar-refractivity contribution is -0.293. The van der Waals surface area contributed by atoms with E-state index in [0.29, 0.717) is 38.5 Å². The van der Waals surface area contributed by atoms with Crippen molar-refractivity contribution in [3.8, 4) is 0 Å². The van der Waals surface area contributed by atoms with E-state index >= 15 is 0 Å². The zero-order valence-corrected chi connectivity index (χ0v) is 32.0. The van der Waals surface area contributed by atoms with Crippen molar-refractivity contribution < 1.29 is 58.4 Å². The van der Waals surface area contributed by atoms with Gasteiger partial charge in [0.25, 0.3) is 0 Å². The molecule has 316 valence electrons. The van der Waals surface area contributed by atoms with E-state index in [2.05, 4.69) is 26.6 Å². The quantitative estimate of drug-likeness (QED) is 0.0349. The second-order valence-corrected chi connectivity index (χ2v) is 13.8. The summed E-state index contributed by atoms with van der Waals surface area (Å²) in [6.07, 6.45) is -2.95. The highest BCUT2D eigenvalue weighted by Crippen LogP contribution is 2.22. The summed E-state index contributed by atoms with van der Waals surface area (Å²) < 4.78 is 10.9. The highest BCUT2D eigenvalue weighted by molar-refractivity contribution is 5.93. The molecule has 7 amide bonds. The summed E-state index contributed by atoms with van der Waals surface area (Å²) in [5, 5.41) is 42.9. The fraction of sp³-hybridized carbons (Fsp3) is 0.794. The van der Waals surface area contributed by atoms with E-state index in [1.807, 2.05) is 0 Å². The van der Waals surface area contributed by atoms with Crippen LogP contribution in [0.25, 0.3) is 0 Å². The molecule has 1 aliphatic rings. The van der Waals surface area contributed by atoms with Gasteiger partial charge in [-0.3, -0.25) is 33.6 Å². The van der Waals surface area contributed by atoms with Crippen molar-refractivity contribution in [3.05, 3.63) is 0 Å². The van der Waals surface area contributed by atoms with E-state index in [0.717, 1.165) is 0 Å². The van der Waals surface area contributed by atoms with E-state index in [4.69, 9.17) is 32.4 Å². The SMILES string of the molecule is CC1OC(OCCCCCCNC(=O)[C@H](CCCCNC(=O)[C@H](CCC(N)=O)NC(=O)[C@@H](C)N)NC(=O)[C@H](CCC(N)=O)NC(=O)[C@@H](C)N)C(O)C(O)C1O. The summed E-state index contributed by atoms with van der Waals surface area (Å²) in [7, 11) is 0. The highest BCUT2D eigenvalue weighted by Gasteiger charge is 2.42. The topological polar surface area (TPSA) is 363 Å². The molecule has 10 atom stereocenters. The van der Waals surface area contributed by atoms with Crippen LogP contribution in [-0.2, 0) is 43.0 Å². The van der Waals surface area contributed by atoms with Crippen LogP contribution in [0.3, 0.4) is 0 Å². The van der Waals surface area contributed by atoms with Gasteiger partial charge in [-0.1, -0.05) is 12.8 Å². The molecule has 0 bridgehead atoms. The molecule has 5 unspecified atom stereocenters. The summed E-state index contributed by atoms with van der Waals surface area (Å²) in [4.78, 5) is 86.5. The number of hydrogen-bond acceptors (Lipinski definition) is 14. The molecule has 0 aromatic carbocycles. The molecule has 1 rings (SSSR count). The smallest absolute Gasteiger partial charge is 0.243 e. The third kappa shape index (κ3) is 19.4. The van der Waals surface area contributed by atoms with Gasteiger partial charge >= 0.3 is 0 Å². The zero-order chi connectivity index (χ0) is 41.7. The highest BCUT2D eigenvalue weighted by atomic mass is 16.7. The van der Waals surface area contributed by atoms with E-state index in [9.17, 15) is 48.9 Å². The van der Waals surface area contributed by atoms with Gasteiger partial charge in [-0.15, -0.1) is 0 Å². The summed E-state index contributed by atoms with van der Waals surface area (Å²) in [6, 6.07) is -5.16. The van der Waals surface area contributed by atoms with Crippen LogP contribution in [0.5, 0.6) is 0 Å². The van der Waals surface area contributed by atoms with Crippen LogP contribution in [0.4, 0.5) is 0 Å². The monoisotopic (exact) mass is 789 g/mol. The standard InChI is InChI=1S/C34H63N9O12/c1-18(35)29(49)41-22(11-13-24(37)44)32(52)40-16-8-6-10-21(43-33(53)23(12-14-25(38)45)42-30(50)19(2)36)31(51)39-15-7-4-5-9-17-54-34-28(48)27(47)26(46)20(3)55-34/h18-23,26-28,34,46-48H,4-17,35-36H2,1-3H3,(H2,37,44)(H2,38,45)(H,39,51)(H,40,52)(H,41,49)(H,42,50)(H,43,53)/t18-,19-,20?,21+,22+,23+,26?,27?,28?,34?/m1/s1. The predicted molar refractivity (Wildman–Crippen MR) is 197 cm³/mol. The Hall–Kier alpha value is -3.99. The molecule has 0 radical (unpaired) electrons. The number of nitrogens with two attached hydrogens (primary N) is 4. The summed E-state index contributed by atoms with van der Waals surface area (Å²) in [5.41, 5.74) is 21.7. The number of aliphatic hydroxyl groups is 3. The Morgan fingerprint density at radius 3 is 1.53 bits per heavy atom. The molecular formula is C34H63N9O12. The van der Waals surface area contributed by atoms with Gasteiger partial charge in [0.2, 0.25) is 41.4 Å². The number of amides is 7. The molecule has 55 heavy (non-hydrogen) atoms. The van der Waals surface area contributed by atoms with Crippen molar-refractivity contribution >= 4 is 41.4 Å². The van der Waals surface area contributed by atoms with Gasteiger partial charge in [0.05, 0.1) is 18.2 Å². The first kappa shape index (κ1) is 49.0. The minimum Gasteiger partial charge on any atom is -0.388 e. The number of ether oxygens (including phenoxy) is 2. The Kier molecular flexibility index (Phi) is 23.2. The summed E-state index contributed by atoms with van der Waals surface area (Å²) in [6.45, 7) is 5.04. The average Bonchev–Trinajstić information content (AvgIpc) is 3.12. The van der Waals surface area contributed by atoms with Crippen LogP contribution in [0.15, 0.2) is 0 Å². The molecule has 1 saturated heterocycles. The summed E-state index contributed by atoms with van der Waals surface area (Å²) >= 11 is 0. The van der Waals surface area contributed by atoms with Crippen molar-refractivity contribution in [2.75, 3.05) is 19.7 Å². The largest absolute Gasteiger partial charge is 0.388 e. The number of rotatable bonds is 27. The van der Waals surface area contributed by atoms with Crippen LogP contribution in [0.2, 0.25) is 0 Å². The predicted octanol–water partition coefficient (Wildman–Crippen LogP) is -4.53. The van der Waals surface area contributed by atoms with Gasteiger partial charge < -0.3 is 74.3 Å². The lowest BCUT2D eigenvalue weighted by atomic mass is 10.0. The van der Waals surface area contributed by atoms with Crippen LogP contribution in [0.1, 0.15) is 91.4 Å². The number of aliphatic hydroxyl groups excluding tert-OH is 3. The number of hydrogen-bond donors (Lipinski definition) is 12. The molecule has 0 aromatic heterocycles. The number of primary amides is 2. The molecule has 1 fully saturated rings. The third-order valence-corrected chi connectivity index (χ3v) is 8.76. The number of unbranched alkanes of at least 4 members (excludes halogenated alkanes) is 4. The van der Waals surface area contributed by atoms with E-state index in [-0.39, 0.29) is 51.8 Å². The Labute approximate surface area is 321 Å². The van der Waals surface area contributed by atoms with Crippen molar-refractivity contribution in [2.45, 2.75) is 152 Å². The zero-order valence-electron chi connectivity index (χ0n) is 32.0. The van der Waals surface area contributed by atoms with Crippen molar-refractivity contribution in [3.63, 3.8) is 0 Å². The molecule has 0 aliphatic carbocycles. The van der Waals surface area contributed by atoms with Gasteiger partial charge in [0.1, 0.15) is 36.4 Å². The Morgan fingerprint density at radius 1 is 0.600 bits per heavy atom.